The van der Waals surface area contributed by atoms with Gasteiger partial charge in [0.2, 0.25) is 11.8 Å². The number of fused-ring (bicyclic) bond motifs is 1. The number of hydrogen-bond donors (Lipinski definition) is 1. The molecular weight excluding hydrogens is 512 g/mol. The lowest BCUT2D eigenvalue weighted by Gasteiger charge is -2.39. The first-order chi connectivity index (χ1) is 17.7. The third-order valence-corrected chi connectivity index (χ3v) is 8.65. The van der Waals surface area contributed by atoms with Crippen molar-refractivity contribution in [2.75, 3.05) is 36.8 Å². The third kappa shape index (κ3) is 6.99. The molecule has 1 fully saturated rings. The van der Waals surface area contributed by atoms with Crippen molar-refractivity contribution in [3.05, 3.63) is 65.9 Å². The van der Waals surface area contributed by atoms with E-state index in [4.69, 9.17) is 11.6 Å². The molecule has 37 heavy (non-hydrogen) atoms. The summed E-state index contributed by atoms with van der Waals surface area (Å²) in [6.07, 6.45) is 4.92. The van der Waals surface area contributed by atoms with Crippen LogP contribution in [0.5, 0.6) is 0 Å². The van der Waals surface area contributed by atoms with Gasteiger partial charge in [-0.1, -0.05) is 23.7 Å². The Hall–Kier alpha value is -3.17. The van der Waals surface area contributed by atoms with E-state index < -0.39 is 9.84 Å². The molecule has 2 amide bonds. The van der Waals surface area contributed by atoms with Gasteiger partial charge in [0.1, 0.15) is 0 Å². The number of piperidine rings is 1. The Kier molecular flexibility index (Phi) is 8.66. The number of anilines is 1. The van der Waals surface area contributed by atoms with Crippen LogP contribution < -0.4 is 10.2 Å². The molecule has 0 radical (unpaired) electrons. The summed E-state index contributed by atoms with van der Waals surface area (Å²) in [5.41, 5.74) is 1.09. The lowest BCUT2D eigenvalue weighted by molar-refractivity contribution is -0.134. The second kappa shape index (κ2) is 11.9. The quantitative estimate of drug-likeness (QED) is 0.443. The summed E-state index contributed by atoms with van der Waals surface area (Å²) >= 11 is 6.03. The van der Waals surface area contributed by atoms with Gasteiger partial charge in [0.15, 0.2) is 9.84 Å². The average Bonchev–Trinajstić information content (AvgIpc) is 2.90. The van der Waals surface area contributed by atoms with Crippen molar-refractivity contribution < 1.29 is 18.0 Å². The van der Waals surface area contributed by atoms with Crippen molar-refractivity contribution >= 4 is 49.7 Å². The summed E-state index contributed by atoms with van der Waals surface area (Å²) < 4.78 is 26.2. The van der Waals surface area contributed by atoms with Crippen molar-refractivity contribution in [2.45, 2.75) is 37.1 Å². The van der Waals surface area contributed by atoms with Crippen LogP contribution in [0.25, 0.3) is 10.8 Å². The summed E-state index contributed by atoms with van der Waals surface area (Å²) in [5.74, 6) is -0.666. The van der Waals surface area contributed by atoms with Crippen LogP contribution in [0, 0.1) is 0 Å². The highest BCUT2D eigenvalue weighted by Gasteiger charge is 2.29. The van der Waals surface area contributed by atoms with E-state index >= 15 is 0 Å². The zero-order valence-corrected chi connectivity index (χ0v) is 22.3. The molecule has 10 heteroatoms. The molecule has 1 N–H and O–H groups in total. The van der Waals surface area contributed by atoms with Gasteiger partial charge in [-0.2, -0.15) is 0 Å². The highest BCUT2D eigenvalue weighted by Crippen LogP contribution is 2.25. The predicted molar refractivity (Wildman–Crippen MR) is 145 cm³/mol. The molecule has 3 aromatic rings. The zero-order valence-electron chi connectivity index (χ0n) is 20.8. The highest BCUT2D eigenvalue weighted by molar-refractivity contribution is 7.91. The summed E-state index contributed by atoms with van der Waals surface area (Å²) in [4.78, 5) is 32.9. The smallest absolute Gasteiger partial charge is 0.223 e. The molecule has 1 aromatic heterocycles. The molecule has 0 aliphatic carbocycles. The minimum absolute atomic E-state index is 0.0209. The Morgan fingerprint density at radius 2 is 1.73 bits per heavy atom. The van der Waals surface area contributed by atoms with Crippen LogP contribution in [0.3, 0.4) is 0 Å². The zero-order chi connectivity index (χ0) is 26.4. The van der Waals surface area contributed by atoms with E-state index in [1.54, 1.807) is 53.7 Å². The Morgan fingerprint density at radius 3 is 2.43 bits per heavy atom. The van der Waals surface area contributed by atoms with E-state index in [0.717, 1.165) is 42.4 Å². The molecule has 1 saturated heterocycles. The number of halogens is 1. The van der Waals surface area contributed by atoms with Crippen LogP contribution in [-0.2, 0) is 19.4 Å². The molecule has 1 aliphatic rings. The van der Waals surface area contributed by atoms with Crippen LogP contribution in [0.2, 0.25) is 5.02 Å². The Balaban J connectivity index is 1.42. The number of hydrogen-bond acceptors (Lipinski definition) is 6. The number of pyridine rings is 1. The summed E-state index contributed by atoms with van der Waals surface area (Å²) in [7, 11) is -3.66. The van der Waals surface area contributed by atoms with Crippen LogP contribution in [-0.4, -0.2) is 68.1 Å². The van der Waals surface area contributed by atoms with Crippen LogP contribution in [0.4, 0.5) is 5.69 Å². The minimum atomic E-state index is -3.66. The number of rotatable bonds is 9. The van der Waals surface area contributed by atoms with Crippen molar-refractivity contribution in [1.29, 1.82) is 0 Å². The number of amides is 2. The largest absolute Gasteiger partial charge is 0.371 e. The van der Waals surface area contributed by atoms with E-state index in [0.29, 0.717) is 18.1 Å². The maximum atomic E-state index is 13.3. The highest BCUT2D eigenvalue weighted by atomic mass is 35.5. The normalized spacial score (nSPS) is 14.5. The van der Waals surface area contributed by atoms with Crippen LogP contribution in [0.15, 0.2) is 65.8 Å². The molecule has 2 aromatic carbocycles. The van der Waals surface area contributed by atoms with E-state index in [2.05, 4.69) is 15.2 Å². The molecule has 8 nitrogen and oxygen atoms in total. The minimum Gasteiger partial charge on any atom is -0.371 e. The maximum Gasteiger partial charge on any atom is 0.223 e. The number of carbonyl (C=O) groups excluding carboxylic acids is 2. The molecule has 0 saturated carbocycles. The van der Waals surface area contributed by atoms with Crippen LogP contribution in [0.1, 0.15) is 26.2 Å². The number of benzene rings is 2. The number of nitrogens with one attached hydrogen (secondary N) is 1. The first kappa shape index (κ1) is 26.9. The Labute approximate surface area is 222 Å². The van der Waals surface area contributed by atoms with Gasteiger partial charge in [0.25, 0.3) is 0 Å². The fraction of sp³-hybridized carbons (Fsp3) is 0.370. The lowest BCUT2D eigenvalue weighted by Crippen LogP contribution is -2.50. The topological polar surface area (TPSA) is 99.7 Å². The molecule has 0 spiro atoms. The van der Waals surface area contributed by atoms with Crippen LogP contribution >= 0.6 is 11.6 Å². The molecule has 196 valence electrons. The monoisotopic (exact) mass is 542 g/mol. The standard InChI is InChI=1S/C27H31ClN4O4S/c1-20(33)30-13-16-32(25-8-14-31(15-9-25)24-6-11-29-12-7-24)27(34)10-17-37(35,36)26-5-3-21-18-23(28)4-2-22(21)19-26/h2-7,11-12,18-19,25H,8-10,13-17H2,1H3,(H,30,33). The fourth-order valence-corrected chi connectivity index (χ4v) is 6.17. The molecule has 0 unspecified atom stereocenters. The second-order valence-electron chi connectivity index (χ2n) is 9.22. The summed E-state index contributed by atoms with van der Waals surface area (Å²) in [6.45, 7) is 3.65. The predicted octanol–water partition coefficient (Wildman–Crippen LogP) is 3.69. The molecule has 4 rings (SSSR count). The molecule has 0 atom stereocenters. The Morgan fingerprint density at radius 1 is 1.05 bits per heavy atom. The van der Waals surface area contributed by atoms with Gasteiger partial charge < -0.3 is 15.1 Å². The Bertz CT molecular complexity index is 1360. The van der Waals surface area contributed by atoms with Crippen molar-refractivity contribution in [3.63, 3.8) is 0 Å². The van der Waals surface area contributed by atoms with Gasteiger partial charge in [-0.3, -0.25) is 14.6 Å². The maximum absolute atomic E-state index is 13.3. The van der Waals surface area contributed by atoms with Gasteiger partial charge in [0, 0.05) is 68.7 Å². The third-order valence-electron chi connectivity index (χ3n) is 6.70. The van der Waals surface area contributed by atoms with E-state index in [1.807, 2.05) is 12.1 Å². The SMILES string of the molecule is CC(=O)NCCN(C(=O)CCS(=O)(=O)c1ccc2cc(Cl)ccc2c1)C1CCN(c2ccncc2)CC1. The number of aromatic nitrogens is 1. The second-order valence-corrected chi connectivity index (χ2v) is 11.8. The molecule has 1 aliphatic heterocycles. The van der Waals surface area contributed by atoms with E-state index in [-0.39, 0.29) is 34.9 Å². The first-order valence-corrected chi connectivity index (χ1v) is 14.4. The van der Waals surface area contributed by atoms with Gasteiger partial charge >= 0.3 is 0 Å². The van der Waals surface area contributed by atoms with Crippen molar-refractivity contribution in [1.82, 2.24) is 15.2 Å². The van der Waals surface area contributed by atoms with E-state index in [9.17, 15) is 18.0 Å². The lowest BCUT2D eigenvalue weighted by atomic mass is 10.0. The first-order valence-electron chi connectivity index (χ1n) is 12.3. The van der Waals surface area contributed by atoms with E-state index in [1.165, 1.54) is 6.92 Å². The van der Waals surface area contributed by atoms with Gasteiger partial charge in [0.05, 0.1) is 10.6 Å². The van der Waals surface area contributed by atoms with Gasteiger partial charge in [-0.05, 0) is 60.0 Å². The average molecular weight is 543 g/mol. The fourth-order valence-electron chi connectivity index (χ4n) is 4.73. The number of nitrogens with zero attached hydrogens (tertiary/aromatic N) is 3. The number of sulfone groups is 1. The van der Waals surface area contributed by atoms with Gasteiger partial charge in [-0.15, -0.1) is 0 Å². The van der Waals surface area contributed by atoms with Crippen molar-refractivity contribution in [2.24, 2.45) is 0 Å². The summed E-state index contributed by atoms with van der Waals surface area (Å²) in [5, 5.41) is 4.95. The molecular formula is C27H31ClN4O4S. The van der Waals surface area contributed by atoms with Gasteiger partial charge in [-0.25, -0.2) is 8.42 Å². The number of carbonyl (C=O) groups is 2. The molecule has 2 heterocycles. The van der Waals surface area contributed by atoms with Crippen molar-refractivity contribution in [3.8, 4) is 0 Å². The molecule has 0 bridgehead atoms. The summed E-state index contributed by atoms with van der Waals surface area (Å²) in [6, 6.07) is 14.1.